The first-order valence-electron chi connectivity index (χ1n) is 8.56. The van der Waals surface area contributed by atoms with Crippen LogP contribution in [0.5, 0.6) is 0 Å². The Kier molecular flexibility index (Phi) is 6.11. The molecular weight excluding hydrogens is 432 g/mol. The van der Waals surface area contributed by atoms with Crippen molar-refractivity contribution in [3.63, 3.8) is 0 Å². The van der Waals surface area contributed by atoms with Gasteiger partial charge in [0.05, 0.1) is 10.0 Å². The number of rotatable bonds is 5. The fourth-order valence-corrected chi connectivity index (χ4v) is 3.27. The van der Waals surface area contributed by atoms with E-state index in [-0.39, 0.29) is 17.1 Å². The number of likely N-dealkylation sites (N-methyl/N-ethyl adjacent to an activating group) is 1. The summed E-state index contributed by atoms with van der Waals surface area (Å²) < 4.78 is 15.2. The van der Waals surface area contributed by atoms with Gasteiger partial charge in [0.1, 0.15) is 24.0 Å². The Morgan fingerprint density at radius 3 is 2.60 bits per heavy atom. The van der Waals surface area contributed by atoms with Crippen molar-refractivity contribution in [2.75, 3.05) is 11.9 Å². The van der Waals surface area contributed by atoms with Crippen LogP contribution in [0.15, 0.2) is 48.2 Å². The lowest BCUT2D eigenvalue weighted by molar-refractivity contribution is -0.137. The van der Waals surface area contributed by atoms with Gasteiger partial charge >= 0.3 is 5.97 Å². The van der Waals surface area contributed by atoms with Gasteiger partial charge in [-0.3, -0.25) is 9.59 Å². The largest absolute Gasteiger partial charge is 0.480 e. The fraction of sp³-hybridized carbons (Fsp3) is 0.0952. The van der Waals surface area contributed by atoms with Gasteiger partial charge in [0.25, 0.3) is 5.91 Å². The van der Waals surface area contributed by atoms with E-state index in [0.29, 0.717) is 27.2 Å². The number of amides is 1. The van der Waals surface area contributed by atoms with Gasteiger partial charge in [0.15, 0.2) is 0 Å². The fourth-order valence-electron chi connectivity index (χ4n) is 2.98. The van der Waals surface area contributed by atoms with Crippen LogP contribution in [0.4, 0.5) is 10.1 Å². The predicted octanol–water partition coefficient (Wildman–Crippen LogP) is 4.74. The van der Waals surface area contributed by atoms with Crippen molar-refractivity contribution in [2.45, 2.75) is 6.54 Å². The van der Waals surface area contributed by atoms with E-state index in [1.807, 2.05) is 6.07 Å². The summed E-state index contributed by atoms with van der Waals surface area (Å²) in [6, 6.07) is 10.3. The lowest BCUT2D eigenvalue weighted by atomic mass is 10.1. The van der Waals surface area contributed by atoms with Crippen LogP contribution in [0.25, 0.3) is 17.0 Å². The van der Waals surface area contributed by atoms with E-state index in [9.17, 15) is 19.2 Å². The zero-order valence-electron chi connectivity index (χ0n) is 15.6. The number of aromatic nitrogens is 1. The van der Waals surface area contributed by atoms with E-state index in [4.69, 9.17) is 28.3 Å². The normalized spacial score (nSPS) is 11.4. The van der Waals surface area contributed by atoms with Crippen molar-refractivity contribution >= 4 is 57.7 Å². The van der Waals surface area contributed by atoms with Crippen molar-refractivity contribution in [1.82, 2.24) is 4.57 Å². The van der Waals surface area contributed by atoms with Crippen LogP contribution in [0, 0.1) is 17.1 Å². The maximum absolute atomic E-state index is 13.8. The van der Waals surface area contributed by atoms with Gasteiger partial charge in [0.2, 0.25) is 0 Å². The molecule has 0 fully saturated rings. The van der Waals surface area contributed by atoms with Gasteiger partial charge in [0, 0.05) is 35.4 Å². The van der Waals surface area contributed by atoms with Crippen molar-refractivity contribution in [2.24, 2.45) is 0 Å². The van der Waals surface area contributed by atoms with Crippen LogP contribution in [-0.2, 0) is 16.1 Å². The first-order chi connectivity index (χ1) is 14.2. The molecule has 2 aromatic carbocycles. The second-order valence-corrected chi connectivity index (χ2v) is 7.21. The van der Waals surface area contributed by atoms with E-state index < -0.39 is 17.7 Å². The van der Waals surface area contributed by atoms with Gasteiger partial charge in [-0.05, 0) is 42.5 Å². The molecule has 3 rings (SSSR count). The van der Waals surface area contributed by atoms with E-state index >= 15 is 0 Å². The van der Waals surface area contributed by atoms with Crippen LogP contribution in [0.1, 0.15) is 5.56 Å². The van der Waals surface area contributed by atoms with Crippen LogP contribution in [0.3, 0.4) is 0 Å². The predicted molar refractivity (Wildman–Crippen MR) is 113 cm³/mol. The molecule has 0 atom stereocenters. The van der Waals surface area contributed by atoms with Crippen LogP contribution in [0.2, 0.25) is 10.0 Å². The highest BCUT2D eigenvalue weighted by Gasteiger charge is 2.19. The summed E-state index contributed by atoms with van der Waals surface area (Å²) in [6.45, 7) is -0.352. The third-order valence-electron chi connectivity index (χ3n) is 4.43. The number of carbonyl (C=O) groups excluding carboxylic acids is 1. The number of hydrogen-bond donors (Lipinski definition) is 1. The number of carboxylic acid groups (broad SMARTS) is 1. The molecule has 1 amide bonds. The van der Waals surface area contributed by atoms with Gasteiger partial charge in [-0.1, -0.05) is 23.2 Å². The van der Waals surface area contributed by atoms with Gasteiger partial charge in [-0.15, -0.1) is 0 Å². The van der Waals surface area contributed by atoms with Crippen molar-refractivity contribution < 1.29 is 19.1 Å². The topological polar surface area (TPSA) is 86.3 Å². The maximum Gasteiger partial charge on any atom is 0.323 e. The number of carboxylic acids is 1. The molecule has 3 aromatic rings. The molecule has 152 valence electrons. The summed E-state index contributed by atoms with van der Waals surface area (Å²) in [7, 11) is 1.47. The number of hydrogen-bond acceptors (Lipinski definition) is 3. The molecule has 0 radical (unpaired) electrons. The van der Waals surface area contributed by atoms with E-state index in [0.717, 1.165) is 0 Å². The average molecular weight is 446 g/mol. The lowest BCUT2D eigenvalue weighted by Gasteiger charge is -2.17. The number of benzene rings is 2. The lowest BCUT2D eigenvalue weighted by Crippen LogP contribution is -2.27. The second-order valence-electron chi connectivity index (χ2n) is 6.40. The van der Waals surface area contributed by atoms with Gasteiger partial charge in [-0.25, -0.2) is 4.39 Å². The molecule has 0 saturated carbocycles. The summed E-state index contributed by atoms with van der Waals surface area (Å²) in [5.41, 5.74) is 1.02. The van der Waals surface area contributed by atoms with E-state index in [1.54, 1.807) is 6.07 Å². The Morgan fingerprint density at radius 1 is 1.23 bits per heavy atom. The summed E-state index contributed by atoms with van der Waals surface area (Å²) >= 11 is 11.9. The number of carbonyl (C=O) groups is 2. The molecule has 1 aromatic heterocycles. The average Bonchev–Trinajstić information content (AvgIpc) is 3.02. The number of fused-ring (bicyclic) bond motifs is 1. The van der Waals surface area contributed by atoms with Crippen molar-refractivity contribution in [3.8, 4) is 6.07 Å². The molecule has 0 spiro atoms. The van der Waals surface area contributed by atoms with Crippen LogP contribution < -0.4 is 4.90 Å². The van der Waals surface area contributed by atoms with E-state index in [1.165, 1.54) is 59.1 Å². The highest BCUT2D eigenvalue weighted by molar-refractivity contribution is 6.42. The van der Waals surface area contributed by atoms with Crippen LogP contribution >= 0.6 is 23.2 Å². The molecule has 0 saturated heterocycles. The van der Waals surface area contributed by atoms with Crippen molar-refractivity contribution in [1.29, 1.82) is 5.26 Å². The number of anilines is 1. The van der Waals surface area contributed by atoms with Gasteiger partial charge < -0.3 is 14.6 Å². The number of nitrogens with zero attached hydrogens (tertiary/aromatic N) is 3. The Bertz CT molecular complexity index is 1240. The molecule has 9 heteroatoms. The standard InChI is InChI=1S/C21H14Cl2FN3O3/c1-26(15-3-4-17(22)18(23)8-15)21(30)12(9-25)6-13-10-27(11-20(28)29)19-5-2-14(24)7-16(13)19/h2-8,10H,11H2,1H3,(H,28,29). The minimum Gasteiger partial charge on any atom is -0.480 e. The summed E-state index contributed by atoms with van der Waals surface area (Å²) in [5, 5.41) is 19.6. The third-order valence-corrected chi connectivity index (χ3v) is 5.16. The molecule has 0 aliphatic rings. The minimum atomic E-state index is -1.08. The smallest absolute Gasteiger partial charge is 0.323 e. The zero-order valence-corrected chi connectivity index (χ0v) is 17.1. The molecule has 0 aliphatic carbocycles. The first kappa shape index (κ1) is 21.4. The van der Waals surface area contributed by atoms with E-state index in [2.05, 4.69) is 0 Å². The highest BCUT2D eigenvalue weighted by atomic mass is 35.5. The minimum absolute atomic E-state index is 0.220. The maximum atomic E-state index is 13.8. The monoisotopic (exact) mass is 445 g/mol. The summed E-state index contributed by atoms with van der Waals surface area (Å²) in [5.74, 6) is -2.22. The molecule has 0 aliphatic heterocycles. The first-order valence-corrected chi connectivity index (χ1v) is 9.32. The Hall–Kier alpha value is -3.34. The SMILES string of the molecule is CN(C(=O)C(C#N)=Cc1cn(CC(=O)O)c2ccc(F)cc12)c1ccc(Cl)c(Cl)c1. The summed E-state index contributed by atoms with van der Waals surface area (Å²) in [4.78, 5) is 25.2. The number of halogens is 3. The molecule has 1 heterocycles. The molecule has 1 N–H and O–H groups in total. The highest BCUT2D eigenvalue weighted by Crippen LogP contribution is 2.28. The van der Waals surface area contributed by atoms with Gasteiger partial charge in [-0.2, -0.15) is 5.26 Å². The Balaban J connectivity index is 2.05. The Labute approximate surface area is 180 Å². The number of nitriles is 1. The molecule has 0 bridgehead atoms. The second kappa shape index (κ2) is 8.57. The molecular formula is C21H14Cl2FN3O3. The van der Waals surface area contributed by atoms with Crippen molar-refractivity contribution in [3.05, 3.63) is 69.6 Å². The zero-order chi connectivity index (χ0) is 22.0. The molecule has 6 nitrogen and oxygen atoms in total. The molecule has 0 unspecified atom stereocenters. The molecule has 30 heavy (non-hydrogen) atoms. The quantitative estimate of drug-likeness (QED) is 0.453. The summed E-state index contributed by atoms with van der Waals surface area (Å²) in [6.07, 6.45) is 2.76. The third kappa shape index (κ3) is 4.30. The van der Waals surface area contributed by atoms with Crippen LogP contribution in [-0.4, -0.2) is 28.6 Å². The number of aliphatic carboxylic acids is 1. The Morgan fingerprint density at radius 2 is 1.97 bits per heavy atom.